The summed E-state index contributed by atoms with van der Waals surface area (Å²) in [7, 11) is 0. The highest BCUT2D eigenvalue weighted by Crippen LogP contribution is 2.35. The normalized spacial score (nSPS) is 11.0. The van der Waals surface area contributed by atoms with Crippen molar-refractivity contribution >= 4 is 0 Å². The zero-order chi connectivity index (χ0) is 15.6. The molecule has 0 radical (unpaired) electrons. The van der Waals surface area contributed by atoms with E-state index >= 15 is 0 Å². The molecule has 0 aromatic heterocycles. The molecule has 21 heavy (non-hydrogen) atoms. The highest BCUT2D eigenvalue weighted by Gasteiger charge is 2.34. The molecular weight excluding hydrogens is 286 g/mol. The first-order valence-electron chi connectivity index (χ1n) is 5.86. The van der Waals surface area contributed by atoms with Gasteiger partial charge in [-0.2, -0.15) is 18.4 Å². The van der Waals surface area contributed by atoms with Gasteiger partial charge in [0.1, 0.15) is 23.4 Å². The van der Waals surface area contributed by atoms with Crippen LogP contribution >= 0.6 is 0 Å². The molecule has 0 spiro atoms. The van der Waals surface area contributed by atoms with Crippen LogP contribution in [0.3, 0.4) is 0 Å². The highest BCUT2D eigenvalue weighted by molar-refractivity contribution is 5.47. The van der Waals surface area contributed by atoms with Gasteiger partial charge in [-0.25, -0.2) is 4.39 Å². The van der Waals surface area contributed by atoms with Crippen LogP contribution in [-0.4, -0.2) is 0 Å². The largest absolute Gasteiger partial charge is 0.456 e. The van der Waals surface area contributed by atoms with Crippen LogP contribution in [0.15, 0.2) is 36.4 Å². The number of nitrogens with zero attached hydrogens (tertiary/aromatic N) is 1. The summed E-state index contributed by atoms with van der Waals surface area (Å²) < 4.78 is 56.4. The summed E-state index contributed by atoms with van der Waals surface area (Å²) in [4.78, 5) is 0. The molecule has 0 aliphatic rings. The number of halogens is 4. The first kappa shape index (κ1) is 14.9. The summed E-state index contributed by atoms with van der Waals surface area (Å²) in [6.45, 7) is 1.75. The lowest BCUT2D eigenvalue weighted by Crippen LogP contribution is -2.08. The third-order valence-electron chi connectivity index (χ3n) is 2.73. The average Bonchev–Trinajstić information content (AvgIpc) is 2.40. The van der Waals surface area contributed by atoms with Gasteiger partial charge in [0.2, 0.25) is 0 Å². The first-order chi connectivity index (χ1) is 9.81. The summed E-state index contributed by atoms with van der Waals surface area (Å²) in [5, 5.41) is 8.95. The minimum Gasteiger partial charge on any atom is -0.456 e. The van der Waals surface area contributed by atoms with E-state index in [4.69, 9.17) is 10.00 Å². The Kier molecular flexibility index (Phi) is 3.85. The molecule has 0 heterocycles. The Morgan fingerprint density at radius 3 is 2.43 bits per heavy atom. The Morgan fingerprint density at radius 2 is 1.81 bits per heavy atom. The Hall–Kier alpha value is -2.55. The molecule has 2 aromatic carbocycles. The molecule has 2 nitrogen and oxygen atoms in total. The Bertz CT molecular complexity index is 717. The molecular formula is C15H9F4NO. The smallest absolute Gasteiger partial charge is 0.419 e. The highest BCUT2D eigenvalue weighted by atomic mass is 19.4. The fourth-order valence-electron chi connectivity index (χ4n) is 1.72. The van der Waals surface area contributed by atoms with E-state index in [1.165, 1.54) is 12.1 Å². The predicted molar refractivity (Wildman–Crippen MR) is 67.4 cm³/mol. The Labute approximate surface area is 118 Å². The number of nitriles is 1. The van der Waals surface area contributed by atoms with Crippen molar-refractivity contribution in [1.82, 2.24) is 0 Å². The molecule has 108 valence electrons. The zero-order valence-electron chi connectivity index (χ0n) is 10.8. The van der Waals surface area contributed by atoms with Crippen LogP contribution in [0.25, 0.3) is 0 Å². The quantitative estimate of drug-likeness (QED) is 0.744. The minimum absolute atomic E-state index is 0.122. The van der Waals surface area contributed by atoms with Crippen LogP contribution < -0.4 is 4.74 Å². The van der Waals surface area contributed by atoms with E-state index in [9.17, 15) is 17.6 Å². The zero-order valence-corrected chi connectivity index (χ0v) is 10.8. The van der Waals surface area contributed by atoms with Crippen LogP contribution in [0.5, 0.6) is 11.5 Å². The van der Waals surface area contributed by atoms with Crippen LogP contribution in [0.4, 0.5) is 17.6 Å². The summed E-state index contributed by atoms with van der Waals surface area (Å²) in [5.74, 6) is -1.44. The van der Waals surface area contributed by atoms with Gasteiger partial charge in [-0.1, -0.05) is 6.07 Å². The van der Waals surface area contributed by atoms with Crippen LogP contribution in [0.2, 0.25) is 0 Å². The predicted octanol–water partition coefficient (Wildman–Crippen LogP) is 4.82. The third-order valence-corrected chi connectivity index (χ3v) is 2.73. The van der Waals surface area contributed by atoms with Crippen LogP contribution in [-0.2, 0) is 6.18 Å². The third kappa shape index (κ3) is 3.31. The maximum atomic E-state index is 13.2. The van der Waals surface area contributed by atoms with Crippen molar-refractivity contribution in [1.29, 1.82) is 5.26 Å². The van der Waals surface area contributed by atoms with Crippen molar-refractivity contribution in [2.24, 2.45) is 0 Å². The van der Waals surface area contributed by atoms with E-state index in [0.29, 0.717) is 12.1 Å². The van der Waals surface area contributed by atoms with Gasteiger partial charge in [-0.3, -0.25) is 0 Å². The van der Waals surface area contributed by atoms with Crippen molar-refractivity contribution in [3.63, 3.8) is 0 Å². The second kappa shape index (κ2) is 5.44. The fourth-order valence-corrected chi connectivity index (χ4v) is 1.72. The van der Waals surface area contributed by atoms with Crippen molar-refractivity contribution in [3.05, 3.63) is 58.9 Å². The maximum Gasteiger partial charge on any atom is 0.419 e. The standard InChI is InChI=1S/C15H9F4NO/c1-9-2-3-10(8-20)14(6-9)21-11-4-5-13(16)12(7-11)15(17,18)19/h2-7H,1H3. The number of hydrogen-bond acceptors (Lipinski definition) is 2. The number of hydrogen-bond donors (Lipinski definition) is 0. The number of rotatable bonds is 2. The summed E-state index contributed by atoms with van der Waals surface area (Å²) in [6.07, 6.45) is -4.81. The summed E-state index contributed by atoms with van der Waals surface area (Å²) in [6, 6.07) is 8.90. The van der Waals surface area contributed by atoms with Gasteiger partial charge in [0, 0.05) is 0 Å². The number of alkyl halides is 3. The van der Waals surface area contributed by atoms with Gasteiger partial charge in [0.15, 0.2) is 0 Å². The SMILES string of the molecule is Cc1ccc(C#N)c(Oc2ccc(F)c(C(F)(F)F)c2)c1. The van der Waals surface area contributed by atoms with Crippen molar-refractivity contribution in [2.75, 3.05) is 0 Å². The lowest BCUT2D eigenvalue weighted by molar-refractivity contribution is -0.140. The minimum atomic E-state index is -4.81. The van der Waals surface area contributed by atoms with Gasteiger partial charge >= 0.3 is 6.18 Å². The molecule has 2 rings (SSSR count). The van der Waals surface area contributed by atoms with Gasteiger partial charge in [0.05, 0.1) is 11.1 Å². The second-order valence-corrected chi connectivity index (χ2v) is 4.35. The molecule has 0 saturated heterocycles. The van der Waals surface area contributed by atoms with Gasteiger partial charge in [-0.15, -0.1) is 0 Å². The van der Waals surface area contributed by atoms with Crippen molar-refractivity contribution < 1.29 is 22.3 Å². The number of benzene rings is 2. The lowest BCUT2D eigenvalue weighted by Gasteiger charge is -2.12. The van der Waals surface area contributed by atoms with Crippen LogP contribution in [0, 0.1) is 24.1 Å². The van der Waals surface area contributed by atoms with E-state index < -0.39 is 17.6 Å². The van der Waals surface area contributed by atoms with Crippen molar-refractivity contribution in [3.8, 4) is 17.6 Å². The molecule has 0 aliphatic heterocycles. The molecule has 0 N–H and O–H groups in total. The molecule has 6 heteroatoms. The summed E-state index contributed by atoms with van der Waals surface area (Å²) in [5.41, 5.74) is -0.452. The Balaban J connectivity index is 2.42. The number of ether oxygens (including phenoxy) is 1. The molecule has 0 atom stereocenters. The first-order valence-corrected chi connectivity index (χ1v) is 5.86. The maximum absolute atomic E-state index is 13.2. The molecule has 0 unspecified atom stereocenters. The monoisotopic (exact) mass is 295 g/mol. The van der Waals surface area contributed by atoms with E-state index in [1.807, 2.05) is 6.07 Å². The lowest BCUT2D eigenvalue weighted by atomic mass is 10.1. The number of aryl methyl sites for hydroxylation is 1. The Morgan fingerprint density at radius 1 is 1.10 bits per heavy atom. The summed E-state index contributed by atoms with van der Waals surface area (Å²) >= 11 is 0. The molecule has 0 saturated carbocycles. The molecule has 0 fully saturated rings. The van der Waals surface area contributed by atoms with E-state index in [1.54, 1.807) is 13.0 Å². The van der Waals surface area contributed by atoms with E-state index in [0.717, 1.165) is 11.6 Å². The van der Waals surface area contributed by atoms with Gasteiger partial charge in [-0.05, 0) is 42.8 Å². The van der Waals surface area contributed by atoms with E-state index in [2.05, 4.69) is 0 Å². The van der Waals surface area contributed by atoms with Crippen molar-refractivity contribution in [2.45, 2.75) is 13.1 Å². The van der Waals surface area contributed by atoms with Gasteiger partial charge < -0.3 is 4.74 Å². The topological polar surface area (TPSA) is 33.0 Å². The average molecular weight is 295 g/mol. The van der Waals surface area contributed by atoms with Crippen LogP contribution in [0.1, 0.15) is 16.7 Å². The second-order valence-electron chi connectivity index (χ2n) is 4.35. The van der Waals surface area contributed by atoms with Gasteiger partial charge in [0.25, 0.3) is 0 Å². The molecule has 0 aliphatic carbocycles. The molecule has 0 amide bonds. The molecule has 2 aromatic rings. The fraction of sp³-hybridized carbons (Fsp3) is 0.133. The molecule has 0 bridgehead atoms. The van der Waals surface area contributed by atoms with E-state index in [-0.39, 0.29) is 17.1 Å².